The molecule has 3 rings (SSSR count). The minimum atomic E-state index is -0.0614. The van der Waals surface area contributed by atoms with Crippen molar-refractivity contribution in [3.63, 3.8) is 0 Å². The zero-order valence-corrected chi connectivity index (χ0v) is 14.4. The van der Waals surface area contributed by atoms with E-state index in [4.69, 9.17) is 11.6 Å². The first kappa shape index (κ1) is 16.6. The number of piperazine rings is 1. The van der Waals surface area contributed by atoms with Crippen molar-refractivity contribution in [2.24, 2.45) is 0 Å². The van der Waals surface area contributed by atoms with Crippen LogP contribution in [0.15, 0.2) is 24.3 Å². The van der Waals surface area contributed by atoms with Crippen molar-refractivity contribution in [1.29, 1.82) is 0 Å². The van der Waals surface area contributed by atoms with Crippen LogP contribution in [0.3, 0.4) is 0 Å². The molecule has 2 amide bonds. The first-order chi connectivity index (χ1) is 11.1. The summed E-state index contributed by atoms with van der Waals surface area (Å²) in [6.07, 6.45) is 0.356. The SMILES string of the molecule is O=C(Cc1cccc(Cl)c1)N1CCN(C(=O)C2CSCN2)CC1. The number of benzene rings is 1. The highest BCUT2D eigenvalue weighted by atomic mass is 35.5. The second-order valence-electron chi connectivity index (χ2n) is 5.78. The predicted molar refractivity (Wildman–Crippen MR) is 92.6 cm³/mol. The average molecular weight is 354 g/mol. The van der Waals surface area contributed by atoms with Crippen LogP contribution in [0.1, 0.15) is 5.56 Å². The Morgan fingerprint density at radius 3 is 2.61 bits per heavy atom. The van der Waals surface area contributed by atoms with Crippen LogP contribution in [-0.2, 0) is 16.0 Å². The molecule has 0 aliphatic carbocycles. The molecule has 0 spiro atoms. The largest absolute Gasteiger partial charge is 0.339 e. The number of carbonyl (C=O) groups is 2. The van der Waals surface area contributed by atoms with Crippen molar-refractivity contribution in [3.8, 4) is 0 Å². The number of rotatable bonds is 3. The number of amides is 2. The Bertz CT molecular complexity index is 584. The van der Waals surface area contributed by atoms with Gasteiger partial charge in [0.2, 0.25) is 11.8 Å². The van der Waals surface area contributed by atoms with Crippen molar-refractivity contribution in [2.45, 2.75) is 12.5 Å². The molecule has 0 aromatic heterocycles. The maximum Gasteiger partial charge on any atom is 0.240 e. The highest BCUT2D eigenvalue weighted by Gasteiger charge is 2.30. The van der Waals surface area contributed by atoms with Crippen LogP contribution in [0.5, 0.6) is 0 Å². The zero-order chi connectivity index (χ0) is 16.2. The third-order valence-corrected chi connectivity index (χ3v) is 5.38. The number of carbonyl (C=O) groups excluding carboxylic acids is 2. The fraction of sp³-hybridized carbons (Fsp3) is 0.500. The molecule has 1 aromatic carbocycles. The van der Waals surface area contributed by atoms with Crippen LogP contribution >= 0.6 is 23.4 Å². The molecule has 0 radical (unpaired) electrons. The van der Waals surface area contributed by atoms with Gasteiger partial charge in [-0.15, -0.1) is 11.8 Å². The van der Waals surface area contributed by atoms with E-state index in [0.29, 0.717) is 37.6 Å². The lowest BCUT2D eigenvalue weighted by molar-refractivity contribution is -0.140. The van der Waals surface area contributed by atoms with Crippen LogP contribution in [0.4, 0.5) is 0 Å². The summed E-state index contributed by atoms with van der Waals surface area (Å²) in [7, 11) is 0. The van der Waals surface area contributed by atoms with Gasteiger partial charge in [-0.2, -0.15) is 0 Å². The molecule has 1 aromatic rings. The molecule has 2 heterocycles. The van der Waals surface area contributed by atoms with Crippen molar-refractivity contribution in [1.82, 2.24) is 15.1 Å². The van der Waals surface area contributed by atoms with Crippen LogP contribution < -0.4 is 5.32 Å². The third kappa shape index (κ3) is 4.19. The number of nitrogens with zero attached hydrogens (tertiary/aromatic N) is 2. The van der Waals surface area contributed by atoms with Gasteiger partial charge in [0.1, 0.15) is 0 Å². The second kappa shape index (κ2) is 7.55. The Morgan fingerprint density at radius 1 is 1.22 bits per heavy atom. The van der Waals surface area contributed by atoms with E-state index in [0.717, 1.165) is 17.2 Å². The summed E-state index contributed by atoms with van der Waals surface area (Å²) in [5.74, 6) is 1.94. The highest BCUT2D eigenvalue weighted by molar-refractivity contribution is 7.99. The monoisotopic (exact) mass is 353 g/mol. The average Bonchev–Trinajstić information content (AvgIpc) is 3.09. The van der Waals surface area contributed by atoms with Crippen molar-refractivity contribution in [2.75, 3.05) is 37.8 Å². The maximum absolute atomic E-state index is 12.4. The van der Waals surface area contributed by atoms with Gasteiger partial charge in [0.25, 0.3) is 0 Å². The molecule has 2 saturated heterocycles. The van der Waals surface area contributed by atoms with E-state index >= 15 is 0 Å². The molecular weight excluding hydrogens is 334 g/mol. The first-order valence-corrected chi connectivity index (χ1v) is 9.29. The molecule has 1 atom stereocenters. The molecule has 5 nitrogen and oxygen atoms in total. The number of thioether (sulfide) groups is 1. The molecule has 7 heteroatoms. The van der Waals surface area contributed by atoms with Gasteiger partial charge >= 0.3 is 0 Å². The summed E-state index contributed by atoms with van der Waals surface area (Å²) in [6.45, 7) is 2.43. The molecule has 1 N–H and O–H groups in total. The van der Waals surface area contributed by atoms with E-state index in [9.17, 15) is 9.59 Å². The van der Waals surface area contributed by atoms with Gasteiger partial charge < -0.3 is 9.80 Å². The fourth-order valence-electron chi connectivity index (χ4n) is 2.88. The van der Waals surface area contributed by atoms with Crippen LogP contribution in [0, 0.1) is 0 Å². The standard InChI is InChI=1S/C16H20ClN3O2S/c17-13-3-1-2-12(8-13)9-15(21)19-4-6-20(7-5-19)16(22)14-10-23-11-18-14/h1-3,8,14,18H,4-7,9-11H2. The third-order valence-electron chi connectivity index (χ3n) is 4.20. The Kier molecular flexibility index (Phi) is 5.46. The highest BCUT2D eigenvalue weighted by Crippen LogP contribution is 2.15. The minimum absolute atomic E-state index is 0.0614. The van der Waals surface area contributed by atoms with Crippen LogP contribution in [0.25, 0.3) is 0 Å². The smallest absolute Gasteiger partial charge is 0.240 e. The molecule has 23 heavy (non-hydrogen) atoms. The normalized spacial score (nSPS) is 21.5. The minimum Gasteiger partial charge on any atom is -0.339 e. The number of hydrogen-bond donors (Lipinski definition) is 1. The zero-order valence-electron chi connectivity index (χ0n) is 12.8. The summed E-state index contributed by atoms with van der Waals surface area (Å²) in [6, 6.07) is 7.33. The number of hydrogen-bond acceptors (Lipinski definition) is 4. The summed E-state index contributed by atoms with van der Waals surface area (Å²) in [5.41, 5.74) is 0.924. The molecular formula is C16H20ClN3O2S. The van der Waals surface area contributed by atoms with Crippen LogP contribution in [0.2, 0.25) is 5.02 Å². The summed E-state index contributed by atoms with van der Waals surface area (Å²) in [4.78, 5) is 28.4. The van der Waals surface area contributed by atoms with Crippen molar-refractivity contribution in [3.05, 3.63) is 34.9 Å². The Hall–Kier alpha value is -1.24. The lowest BCUT2D eigenvalue weighted by Gasteiger charge is -2.36. The van der Waals surface area contributed by atoms with Gasteiger partial charge in [-0.3, -0.25) is 14.9 Å². The quantitative estimate of drug-likeness (QED) is 0.887. The summed E-state index contributed by atoms with van der Waals surface area (Å²) in [5, 5.41) is 3.85. The van der Waals surface area contributed by atoms with E-state index in [1.165, 1.54) is 0 Å². The van der Waals surface area contributed by atoms with Gasteiger partial charge in [0.05, 0.1) is 12.5 Å². The summed E-state index contributed by atoms with van der Waals surface area (Å²) < 4.78 is 0. The van der Waals surface area contributed by atoms with E-state index < -0.39 is 0 Å². The van der Waals surface area contributed by atoms with Gasteiger partial charge in [-0.25, -0.2) is 0 Å². The van der Waals surface area contributed by atoms with E-state index in [1.54, 1.807) is 17.8 Å². The van der Waals surface area contributed by atoms with Gasteiger partial charge in [0, 0.05) is 42.8 Å². The second-order valence-corrected chi connectivity index (χ2v) is 7.25. The Morgan fingerprint density at radius 2 is 1.96 bits per heavy atom. The van der Waals surface area contributed by atoms with Gasteiger partial charge in [-0.05, 0) is 17.7 Å². The van der Waals surface area contributed by atoms with Crippen molar-refractivity contribution < 1.29 is 9.59 Å². The van der Waals surface area contributed by atoms with E-state index in [2.05, 4.69) is 5.32 Å². The van der Waals surface area contributed by atoms with E-state index in [1.807, 2.05) is 28.0 Å². The first-order valence-electron chi connectivity index (χ1n) is 7.75. The van der Waals surface area contributed by atoms with Gasteiger partial charge in [-0.1, -0.05) is 23.7 Å². The Labute approximate surface area is 145 Å². The molecule has 2 aliphatic heterocycles. The number of halogens is 1. The topological polar surface area (TPSA) is 52.7 Å². The van der Waals surface area contributed by atoms with E-state index in [-0.39, 0.29) is 17.9 Å². The van der Waals surface area contributed by atoms with Crippen molar-refractivity contribution >= 4 is 35.2 Å². The maximum atomic E-state index is 12.4. The number of nitrogens with one attached hydrogen (secondary N) is 1. The predicted octanol–water partition coefficient (Wildman–Crippen LogP) is 1.22. The lowest BCUT2D eigenvalue weighted by Crippen LogP contribution is -2.54. The molecule has 1 unspecified atom stereocenters. The lowest BCUT2D eigenvalue weighted by atomic mass is 10.1. The fourth-order valence-corrected chi connectivity index (χ4v) is 4.03. The Balaban J connectivity index is 1.50. The summed E-state index contributed by atoms with van der Waals surface area (Å²) >= 11 is 7.70. The van der Waals surface area contributed by atoms with Gasteiger partial charge in [0.15, 0.2) is 0 Å². The molecule has 2 aliphatic rings. The molecule has 124 valence electrons. The van der Waals surface area contributed by atoms with Crippen LogP contribution in [-0.4, -0.2) is 65.5 Å². The molecule has 0 bridgehead atoms. The molecule has 0 saturated carbocycles. The molecule has 2 fully saturated rings.